The Kier molecular flexibility index (Phi) is 4.14. The minimum absolute atomic E-state index is 0.0785. The van der Waals surface area contributed by atoms with E-state index in [4.69, 9.17) is 4.42 Å². The van der Waals surface area contributed by atoms with Gasteiger partial charge in [-0.15, -0.1) is 0 Å². The zero-order valence-electron chi connectivity index (χ0n) is 15.0. The number of hydrogen-bond donors (Lipinski definition) is 1. The first-order chi connectivity index (χ1) is 12.9. The summed E-state index contributed by atoms with van der Waals surface area (Å²) in [6, 6.07) is 9.81. The van der Waals surface area contributed by atoms with Crippen LogP contribution in [0.5, 0.6) is 0 Å². The molecule has 1 atom stereocenters. The summed E-state index contributed by atoms with van der Waals surface area (Å²) < 4.78 is 19.3. The fourth-order valence-corrected chi connectivity index (χ4v) is 3.30. The van der Waals surface area contributed by atoms with Crippen molar-refractivity contribution in [2.45, 2.75) is 20.3 Å². The molecule has 0 spiro atoms. The molecule has 1 aliphatic rings. The highest BCUT2D eigenvalue weighted by Gasteiger charge is 2.35. The van der Waals surface area contributed by atoms with Crippen LogP contribution in [0.1, 0.15) is 17.9 Å². The monoisotopic (exact) mass is 367 g/mol. The second kappa shape index (κ2) is 6.50. The maximum atomic E-state index is 13.9. The number of benzene rings is 2. The number of nitrogens with one attached hydrogen (secondary N) is 1. The molecule has 1 N–H and O–H groups in total. The molecule has 2 heterocycles. The van der Waals surface area contributed by atoms with Crippen molar-refractivity contribution in [3.8, 4) is 0 Å². The highest BCUT2D eigenvalue weighted by atomic mass is 19.1. The second-order valence-corrected chi connectivity index (χ2v) is 6.76. The highest BCUT2D eigenvalue weighted by molar-refractivity contribution is 6.04. The fourth-order valence-electron chi connectivity index (χ4n) is 3.30. The first-order valence-electron chi connectivity index (χ1n) is 8.65. The van der Waals surface area contributed by atoms with Crippen molar-refractivity contribution < 1.29 is 18.4 Å². The third kappa shape index (κ3) is 3.28. The van der Waals surface area contributed by atoms with Crippen molar-refractivity contribution in [1.82, 2.24) is 4.98 Å². The Bertz CT molecular complexity index is 1060. The van der Waals surface area contributed by atoms with E-state index in [-0.39, 0.29) is 30.5 Å². The number of aromatic nitrogens is 1. The van der Waals surface area contributed by atoms with Crippen molar-refractivity contribution in [1.29, 1.82) is 0 Å². The predicted octanol–water partition coefficient (Wildman–Crippen LogP) is 3.58. The van der Waals surface area contributed by atoms with Crippen LogP contribution in [0, 0.1) is 25.6 Å². The van der Waals surface area contributed by atoms with Gasteiger partial charge in [0.15, 0.2) is 11.5 Å². The maximum Gasteiger partial charge on any atom is 0.229 e. The molecular formula is C20H18FN3O3. The summed E-state index contributed by atoms with van der Waals surface area (Å²) in [6.45, 7) is 3.81. The predicted molar refractivity (Wildman–Crippen MR) is 99.0 cm³/mol. The molecule has 1 saturated heterocycles. The molecule has 6 nitrogen and oxygen atoms in total. The van der Waals surface area contributed by atoms with Crippen LogP contribution in [0.2, 0.25) is 0 Å². The van der Waals surface area contributed by atoms with Gasteiger partial charge in [0.05, 0.1) is 11.6 Å². The molecule has 1 aliphatic heterocycles. The number of halogens is 1. The Morgan fingerprint density at radius 3 is 2.89 bits per heavy atom. The molecule has 2 aromatic carbocycles. The van der Waals surface area contributed by atoms with Gasteiger partial charge in [0.25, 0.3) is 0 Å². The lowest BCUT2D eigenvalue weighted by Crippen LogP contribution is -2.28. The van der Waals surface area contributed by atoms with Gasteiger partial charge in [-0.2, -0.15) is 0 Å². The van der Waals surface area contributed by atoms with Gasteiger partial charge < -0.3 is 14.6 Å². The standard InChI is InChI=1S/C20H18FN3O3/c1-11-3-5-15(21)16(7-11)23-20(26)13-8-19(25)24(10-13)14-4-6-18-17(9-14)22-12(2)27-18/h3-7,9,13H,8,10H2,1-2H3,(H,23,26)/t13-/m0/s1. The number of nitrogens with zero attached hydrogens (tertiary/aromatic N) is 2. The van der Waals surface area contributed by atoms with Crippen molar-refractivity contribution in [3.63, 3.8) is 0 Å². The molecule has 0 radical (unpaired) electrons. The lowest BCUT2D eigenvalue weighted by molar-refractivity contribution is -0.122. The quantitative estimate of drug-likeness (QED) is 0.768. The molecular weight excluding hydrogens is 349 g/mol. The molecule has 0 saturated carbocycles. The fraction of sp³-hybridized carbons (Fsp3) is 0.250. The molecule has 0 unspecified atom stereocenters. The summed E-state index contributed by atoms with van der Waals surface area (Å²) in [6.07, 6.45) is 0.0785. The zero-order valence-corrected chi connectivity index (χ0v) is 15.0. The van der Waals surface area contributed by atoms with Crippen LogP contribution in [0.3, 0.4) is 0 Å². The van der Waals surface area contributed by atoms with E-state index in [2.05, 4.69) is 10.3 Å². The highest BCUT2D eigenvalue weighted by Crippen LogP contribution is 2.29. The van der Waals surface area contributed by atoms with E-state index in [1.165, 1.54) is 6.07 Å². The van der Waals surface area contributed by atoms with E-state index in [0.29, 0.717) is 22.7 Å². The molecule has 7 heteroatoms. The molecule has 3 aromatic rings. The van der Waals surface area contributed by atoms with Gasteiger partial charge in [-0.25, -0.2) is 9.37 Å². The minimum atomic E-state index is -0.549. The Balaban J connectivity index is 1.52. The number of hydrogen-bond acceptors (Lipinski definition) is 4. The summed E-state index contributed by atoms with van der Waals surface area (Å²) in [5.41, 5.74) is 2.94. The smallest absolute Gasteiger partial charge is 0.229 e. The Hall–Kier alpha value is -3.22. The van der Waals surface area contributed by atoms with E-state index in [9.17, 15) is 14.0 Å². The van der Waals surface area contributed by atoms with E-state index in [0.717, 1.165) is 5.56 Å². The average molecular weight is 367 g/mol. The van der Waals surface area contributed by atoms with Crippen LogP contribution in [0.25, 0.3) is 11.1 Å². The molecule has 1 fully saturated rings. The van der Waals surface area contributed by atoms with Gasteiger partial charge in [-0.3, -0.25) is 9.59 Å². The molecule has 2 amide bonds. The lowest BCUT2D eigenvalue weighted by Gasteiger charge is -2.16. The Labute approximate surface area is 155 Å². The Morgan fingerprint density at radius 2 is 2.07 bits per heavy atom. The number of fused-ring (bicyclic) bond motifs is 1. The number of oxazole rings is 1. The van der Waals surface area contributed by atoms with Crippen LogP contribution in [0.4, 0.5) is 15.8 Å². The SMILES string of the molecule is Cc1ccc(F)c(NC(=O)[C@H]2CC(=O)N(c3ccc4oc(C)nc4c3)C2)c1. The minimum Gasteiger partial charge on any atom is -0.441 e. The van der Waals surface area contributed by atoms with Gasteiger partial charge in [-0.05, 0) is 42.8 Å². The van der Waals surface area contributed by atoms with Gasteiger partial charge in [0.2, 0.25) is 11.8 Å². The Morgan fingerprint density at radius 1 is 1.26 bits per heavy atom. The molecule has 0 bridgehead atoms. The number of amides is 2. The van der Waals surface area contributed by atoms with Crippen LogP contribution in [0.15, 0.2) is 40.8 Å². The molecule has 138 valence electrons. The third-order valence-electron chi connectivity index (χ3n) is 4.67. The largest absolute Gasteiger partial charge is 0.441 e. The van der Waals surface area contributed by atoms with E-state index >= 15 is 0 Å². The van der Waals surface area contributed by atoms with Gasteiger partial charge in [0, 0.05) is 25.6 Å². The maximum absolute atomic E-state index is 13.9. The zero-order chi connectivity index (χ0) is 19.1. The number of carbonyl (C=O) groups is 2. The van der Waals surface area contributed by atoms with Crippen molar-refractivity contribution >= 4 is 34.3 Å². The first kappa shape index (κ1) is 17.2. The van der Waals surface area contributed by atoms with Crippen LogP contribution in [-0.4, -0.2) is 23.3 Å². The normalized spacial score (nSPS) is 16.9. The second-order valence-electron chi connectivity index (χ2n) is 6.76. The first-order valence-corrected chi connectivity index (χ1v) is 8.65. The van der Waals surface area contributed by atoms with Crippen molar-refractivity contribution in [3.05, 3.63) is 53.7 Å². The molecule has 27 heavy (non-hydrogen) atoms. The number of anilines is 2. The molecule has 0 aliphatic carbocycles. The van der Waals surface area contributed by atoms with Gasteiger partial charge in [0.1, 0.15) is 11.3 Å². The third-order valence-corrected chi connectivity index (χ3v) is 4.67. The van der Waals surface area contributed by atoms with Crippen LogP contribution >= 0.6 is 0 Å². The van der Waals surface area contributed by atoms with Crippen molar-refractivity contribution in [2.24, 2.45) is 5.92 Å². The summed E-state index contributed by atoms with van der Waals surface area (Å²) in [5.74, 6) is -1.02. The molecule has 4 rings (SSSR count). The van der Waals surface area contributed by atoms with E-state index in [1.54, 1.807) is 42.2 Å². The van der Waals surface area contributed by atoms with Gasteiger partial charge in [-0.1, -0.05) is 6.07 Å². The lowest BCUT2D eigenvalue weighted by atomic mass is 10.1. The number of aryl methyl sites for hydroxylation is 2. The summed E-state index contributed by atoms with van der Waals surface area (Å²) in [4.78, 5) is 30.8. The summed E-state index contributed by atoms with van der Waals surface area (Å²) >= 11 is 0. The summed E-state index contributed by atoms with van der Waals surface area (Å²) in [7, 11) is 0. The molecule has 1 aromatic heterocycles. The topological polar surface area (TPSA) is 75.4 Å². The average Bonchev–Trinajstić information content (AvgIpc) is 3.19. The van der Waals surface area contributed by atoms with Gasteiger partial charge >= 0.3 is 0 Å². The van der Waals surface area contributed by atoms with E-state index in [1.807, 2.05) is 6.92 Å². The summed E-state index contributed by atoms with van der Waals surface area (Å²) in [5, 5.41) is 2.60. The van der Waals surface area contributed by atoms with Crippen LogP contribution in [-0.2, 0) is 9.59 Å². The number of carbonyl (C=O) groups excluding carboxylic acids is 2. The number of rotatable bonds is 3. The van der Waals surface area contributed by atoms with E-state index < -0.39 is 11.7 Å². The van der Waals surface area contributed by atoms with Crippen molar-refractivity contribution in [2.75, 3.05) is 16.8 Å². The van der Waals surface area contributed by atoms with Crippen LogP contribution < -0.4 is 10.2 Å².